The van der Waals surface area contributed by atoms with Gasteiger partial charge in [0.25, 0.3) is 5.56 Å². The molecule has 0 spiro atoms. The number of aromatic nitrogens is 4. The Morgan fingerprint density at radius 1 is 1.09 bits per heavy atom. The third kappa shape index (κ3) is 3.85. The minimum Gasteiger partial charge on any atom is -0.464 e. The summed E-state index contributed by atoms with van der Waals surface area (Å²) in [4.78, 5) is 43.6. The van der Waals surface area contributed by atoms with Gasteiger partial charge in [0, 0.05) is 5.02 Å². The van der Waals surface area contributed by atoms with Gasteiger partial charge in [-0.05, 0) is 43.7 Å². The molecule has 0 saturated carbocycles. The fourth-order valence-corrected chi connectivity index (χ4v) is 3.67. The number of fused-ring (bicyclic) bond motifs is 1. The number of hydrogen-bond donors (Lipinski definition) is 0. The van der Waals surface area contributed by atoms with Crippen molar-refractivity contribution in [1.82, 2.24) is 18.7 Å². The molecule has 4 rings (SSSR count). The van der Waals surface area contributed by atoms with E-state index < -0.39 is 23.3 Å². The lowest BCUT2D eigenvalue weighted by Gasteiger charge is -2.15. The summed E-state index contributed by atoms with van der Waals surface area (Å²) < 4.78 is 9.05. The number of nitrogens with zero attached hydrogens (tertiary/aromatic N) is 4. The third-order valence-electron chi connectivity index (χ3n) is 5.17. The minimum atomic E-state index is -0.797. The maximum absolute atomic E-state index is 13.5. The first-order chi connectivity index (χ1) is 15.4. The summed E-state index contributed by atoms with van der Waals surface area (Å²) in [5, 5.41) is 0.511. The maximum Gasteiger partial charge on any atom is 0.337 e. The molecule has 2 heterocycles. The summed E-state index contributed by atoms with van der Waals surface area (Å²) in [6.45, 7) is 3.62. The highest BCUT2D eigenvalue weighted by atomic mass is 35.5. The second kappa shape index (κ2) is 8.84. The van der Waals surface area contributed by atoms with Gasteiger partial charge in [-0.25, -0.2) is 19.1 Å². The molecule has 0 aliphatic heterocycles. The molecule has 2 aromatic carbocycles. The van der Waals surface area contributed by atoms with Crippen molar-refractivity contribution >= 4 is 28.7 Å². The normalized spacial score (nSPS) is 12.1. The monoisotopic (exact) mass is 452 g/mol. The van der Waals surface area contributed by atoms with Gasteiger partial charge < -0.3 is 9.30 Å². The number of rotatable bonds is 6. The first-order valence-corrected chi connectivity index (χ1v) is 10.5. The summed E-state index contributed by atoms with van der Waals surface area (Å²) in [5.74, 6) is -0.495. The molecule has 2 aromatic heterocycles. The van der Waals surface area contributed by atoms with Gasteiger partial charge in [-0.2, -0.15) is 0 Å². The zero-order valence-corrected chi connectivity index (χ0v) is 18.3. The van der Waals surface area contributed by atoms with Gasteiger partial charge in [0.15, 0.2) is 11.2 Å². The molecule has 0 saturated heterocycles. The van der Waals surface area contributed by atoms with Gasteiger partial charge in [0.2, 0.25) is 0 Å². The van der Waals surface area contributed by atoms with Gasteiger partial charge >= 0.3 is 11.7 Å². The van der Waals surface area contributed by atoms with Crippen LogP contribution in [0, 0.1) is 0 Å². The zero-order valence-electron chi connectivity index (χ0n) is 17.6. The fourth-order valence-electron chi connectivity index (χ4n) is 3.55. The van der Waals surface area contributed by atoms with Crippen LogP contribution in [0.1, 0.15) is 25.5 Å². The van der Waals surface area contributed by atoms with Crippen LogP contribution in [-0.2, 0) is 16.1 Å². The Labute approximate surface area is 188 Å². The number of carbonyl (C=O) groups excluding carboxylic acids is 1. The van der Waals surface area contributed by atoms with Crippen LogP contribution in [-0.4, -0.2) is 31.3 Å². The minimum absolute atomic E-state index is 0.0704. The Morgan fingerprint density at radius 3 is 2.44 bits per heavy atom. The van der Waals surface area contributed by atoms with E-state index in [4.69, 9.17) is 16.3 Å². The van der Waals surface area contributed by atoms with Gasteiger partial charge in [-0.1, -0.05) is 41.9 Å². The van der Waals surface area contributed by atoms with Crippen molar-refractivity contribution < 1.29 is 9.53 Å². The van der Waals surface area contributed by atoms with E-state index in [-0.39, 0.29) is 24.3 Å². The van der Waals surface area contributed by atoms with Gasteiger partial charge in [-0.15, -0.1) is 0 Å². The van der Waals surface area contributed by atoms with Crippen molar-refractivity contribution in [3.05, 3.63) is 92.3 Å². The molecule has 32 heavy (non-hydrogen) atoms. The van der Waals surface area contributed by atoms with Crippen LogP contribution in [0.15, 0.2) is 70.5 Å². The summed E-state index contributed by atoms with van der Waals surface area (Å²) >= 11 is 6.02. The van der Waals surface area contributed by atoms with E-state index >= 15 is 0 Å². The van der Waals surface area contributed by atoms with Crippen LogP contribution in [0.5, 0.6) is 0 Å². The number of halogens is 1. The number of hydrogen-bond acceptors (Lipinski definition) is 5. The molecule has 0 bridgehead atoms. The number of carbonyl (C=O) groups is 1. The molecule has 0 N–H and O–H groups in total. The average Bonchev–Trinajstić information content (AvgIpc) is 3.23. The SMILES string of the molecule is CCOC(=O)[C@H](C)n1cnc2c1c(=O)n(Cc1ccccc1)c(=O)n2-c1ccc(Cl)cc1. The van der Waals surface area contributed by atoms with Crippen molar-refractivity contribution in [2.75, 3.05) is 6.61 Å². The van der Waals surface area contributed by atoms with Crippen LogP contribution >= 0.6 is 11.6 Å². The van der Waals surface area contributed by atoms with E-state index in [9.17, 15) is 14.4 Å². The molecule has 8 nitrogen and oxygen atoms in total. The molecule has 0 aliphatic rings. The number of imidazole rings is 1. The lowest BCUT2D eigenvalue weighted by molar-refractivity contribution is -0.146. The van der Waals surface area contributed by atoms with Crippen molar-refractivity contribution in [2.45, 2.75) is 26.4 Å². The van der Waals surface area contributed by atoms with Crippen LogP contribution < -0.4 is 11.2 Å². The highest BCUT2D eigenvalue weighted by Gasteiger charge is 2.24. The zero-order chi connectivity index (χ0) is 22.8. The Kier molecular flexibility index (Phi) is 5.96. The van der Waals surface area contributed by atoms with Gasteiger partial charge in [0.1, 0.15) is 6.04 Å². The van der Waals surface area contributed by atoms with E-state index in [2.05, 4.69) is 4.98 Å². The first kappa shape index (κ1) is 21.6. The molecule has 0 fully saturated rings. The topological polar surface area (TPSA) is 88.1 Å². The van der Waals surface area contributed by atoms with E-state index in [1.807, 2.05) is 30.3 Å². The van der Waals surface area contributed by atoms with E-state index in [0.717, 1.165) is 10.1 Å². The molecule has 9 heteroatoms. The molecule has 164 valence electrons. The first-order valence-electron chi connectivity index (χ1n) is 10.1. The fraction of sp³-hybridized carbons (Fsp3) is 0.217. The summed E-state index contributed by atoms with van der Waals surface area (Å²) in [6.07, 6.45) is 1.38. The smallest absolute Gasteiger partial charge is 0.337 e. The van der Waals surface area contributed by atoms with Gasteiger partial charge in [-0.3, -0.25) is 9.36 Å². The third-order valence-corrected chi connectivity index (χ3v) is 5.42. The van der Waals surface area contributed by atoms with E-state index in [0.29, 0.717) is 10.7 Å². The van der Waals surface area contributed by atoms with E-state index in [1.165, 1.54) is 15.5 Å². The Balaban J connectivity index is 2.01. The van der Waals surface area contributed by atoms with Crippen molar-refractivity contribution in [3.63, 3.8) is 0 Å². The molecule has 1 atom stereocenters. The molecule has 0 amide bonds. The van der Waals surface area contributed by atoms with Crippen molar-refractivity contribution in [3.8, 4) is 5.69 Å². The predicted octanol–water partition coefficient (Wildman–Crippen LogP) is 3.17. The Morgan fingerprint density at radius 2 is 1.78 bits per heavy atom. The largest absolute Gasteiger partial charge is 0.464 e. The Bertz CT molecular complexity index is 1390. The maximum atomic E-state index is 13.5. The highest BCUT2D eigenvalue weighted by molar-refractivity contribution is 6.30. The average molecular weight is 453 g/mol. The predicted molar refractivity (Wildman–Crippen MR) is 121 cm³/mol. The Hall–Kier alpha value is -3.65. The molecule has 0 radical (unpaired) electrons. The molecular formula is C23H21ClN4O4. The second-order valence-electron chi connectivity index (χ2n) is 7.22. The van der Waals surface area contributed by atoms with Crippen LogP contribution in [0.2, 0.25) is 5.02 Å². The highest BCUT2D eigenvalue weighted by Crippen LogP contribution is 2.19. The number of ether oxygens (including phenoxy) is 1. The van der Waals surface area contributed by atoms with Crippen molar-refractivity contribution in [1.29, 1.82) is 0 Å². The number of esters is 1. The molecule has 0 unspecified atom stereocenters. The van der Waals surface area contributed by atoms with Crippen molar-refractivity contribution in [2.24, 2.45) is 0 Å². The second-order valence-corrected chi connectivity index (χ2v) is 7.66. The molecule has 0 aliphatic carbocycles. The van der Waals surface area contributed by atoms with E-state index in [1.54, 1.807) is 38.1 Å². The van der Waals surface area contributed by atoms with Crippen LogP contribution in [0.25, 0.3) is 16.9 Å². The quantitative estimate of drug-likeness (QED) is 0.419. The van der Waals surface area contributed by atoms with Gasteiger partial charge in [0.05, 0.1) is 25.2 Å². The lowest BCUT2D eigenvalue weighted by Crippen LogP contribution is -2.40. The molecule has 4 aromatic rings. The summed E-state index contributed by atoms with van der Waals surface area (Å²) in [6, 6.07) is 15.1. The standard InChI is InChI=1S/C23H21ClN4O4/c1-3-32-22(30)15(2)27-14-25-20-19(27)21(29)26(13-16-7-5-4-6-8-16)23(31)28(20)18-11-9-17(24)10-12-18/h4-12,14-15H,3,13H2,1-2H3/t15-/m0/s1. The summed E-state index contributed by atoms with van der Waals surface area (Å²) in [5.41, 5.74) is 0.507. The number of benzene rings is 2. The van der Waals surface area contributed by atoms with Crippen LogP contribution in [0.3, 0.4) is 0 Å². The lowest BCUT2D eigenvalue weighted by atomic mass is 10.2. The summed E-state index contributed by atoms with van der Waals surface area (Å²) in [7, 11) is 0. The molecular weight excluding hydrogens is 432 g/mol. The van der Waals surface area contributed by atoms with Crippen LogP contribution in [0.4, 0.5) is 0 Å².